The highest BCUT2D eigenvalue weighted by Gasteiger charge is 2.32. The molecule has 0 radical (unpaired) electrons. The van der Waals surface area contributed by atoms with Crippen LogP contribution in [0.3, 0.4) is 0 Å². The van der Waals surface area contributed by atoms with Gasteiger partial charge in [-0.05, 0) is 68.9 Å². The number of rotatable bonds is 2. The Bertz CT molecular complexity index is 893. The molecule has 0 saturated heterocycles. The molecule has 4 rings (SSSR count). The molecule has 2 aromatic rings. The molecule has 0 aliphatic carbocycles. The highest BCUT2D eigenvalue weighted by atomic mass is 19.4. The Morgan fingerprint density at radius 3 is 1.86 bits per heavy atom. The largest absolute Gasteiger partial charge is 0.416 e. The summed E-state index contributed by atoms with van der Waals surface area (Å²) in [5.41, 5.74) is 3.50. The van der Waals surface area contributed by atoms with E-state index in [1.807, 2.05) is 64.5 Å². The SMILES string of the molecule is CC.CC.CC(C)N1CCCc2ccc(C(F)(F)F)cc21.CN1CCCc2ccc(C(F)F)cc21. The molecule has 2 nitrogen and oxygen atoms in total. The van der Waals surface area contributed by atoms with Gasteiger partial charge < -0.3 is 9.80 Å². The number of fused-ring (bicyclic) bond motifs is 2. The maximum atomic E-state index is 12.7. The van der Waals surface area contributed by atoms with E-state index in [0.29, 0.717) is 0 Å². The Morgan fingerprint density at radius 1 is 0.771 bits per heavy atom. The molecule has 0 spiro atoms. The standard InChI is InChI=1S/C13H16F3N.C11H13F2N.2C2H6/c1-9(2)17-7-3-4-10-5-6-11(8-12(10)17)13(14,15)16;1-14-6-2-3-8-4-5-9(11(12)13)7-10(8)14;2*1-2/h5-6,8-9H,3-4,7H2,1-2H3;4-5,7,11H,2-3,6H2,1H3;2*1-2H3. The summed E-state index contributed by atoms with van der Waals surface area (Å²) in [6, 6.07) is 9.29. The maximum Gasteiger partial charge on any atom is 0.416 e. The van der Waals surface area contributed by atoms with Crippen LogP contribution in [0.25, 0.3) is 0 Å². The Hall–Kier alpha value is -2.31. The highest BCUT2D eigenvalue weighted by Crippen LogP contribution is 2.36. The molecule has 2 aliphatic heterocycles. The van der Waals surface area contributed by atoms with Crippen LogP contribution < -0.4 is 9.80 Å². The van der Waals surface area contributed by atoms with Gasteiger partial charge in [-0.25, -0.2) is 8.78 Å². The average molecular weight is 501 g/mol. The van der Waals surface area contributed by atoms with Gasteiger partial charge in [0.1, 0.15) is 0 Å². The molecule has 0 fully saturated rings. The first-order chi connectivity index (χ1) is 16.6. The van der Waals surface area contributed by atoms with E-state index < -0.39 is 18.2 Å². The molecule has 0 bridgehead atoms. The zero-order valence-corrected chi connectivity index (χ0v) is 22.1. The minimum Gasteiger partial charge on any atom is -0.374 e. The number of aryl methyl sites for hydroxylation is 2. The Kier molecular flexibility index (Phi) is 12.5. The van der Waals surface area contributed by atoms with Gasteiger partial charge in [0.2, 0.25) is 0 Å². The van der Waals surface area contributed by atoms with Crippen LogP contribution in [-0.2, 0) is 19.0 Å². The molecule has 2 aromatic carbocycles. The van der Waals surface area contributed by atoms with E-state index in [4.69, 9.17) is 0 Å². The summed E-state index contributed by atoms with van der Waals surface area (Å²) in [6.45, 7) is 13.8. The van der Waals surface area contributed by atoms with Crippen LogP contribution >= 0.6 is 0 Å². The second-order valence-electron chi connectivity index (χ2n) is 8.45. The summed E-state index contributed by atoms with van der Waals surface area (Å²) >= 11 is 0. The Labute approximate surface area is 208 Å². The summed E-state index contributed by atoms with van der Waals surface area (Å²) in [5, 5.41) is 0. The highest BCUT2D eigenvalue weighted by molar-refractivity contribution is 5.58. The van der Waals surface area contributed by atoms with Gasteiger partial charge in [-0.15, -0.1) is 0 Å². The molecule has 2 heterocycles. The molecule has 0 amide bonds. The molecule has 0 aromatic heterocycles. The summed E-state index contributed by atoms with van der Waals surface area (Å²) in [7, 11) is 1.95. The van der Waals surface area contributed by atoms with Gasteiger partial charge in [-0.1, -0.05) is 45.9 Å². The minimum absolute atomic E-state index is 0.123. The Balaban J connectivity index is 0.000000311. The van der Waals surface area contributed by atoms with Gasteiger partial charge in [-0.3, -0.25) is 0 Å². The van der Waals surface area contributed by atoms with Gasteiger partial charge in [0.05, 0.1) is 5.56 Å². The molecular weight excluding hydrogens is 459 g/mol. The van der Waals surface area contributed by atoms with E-state index in [2.05, 4.69) is 0 Å². The second-order valence-corrected chi connectivity index (χ2v) is 8.45. The van der Waals surface area contributed by atoms with E-state index in [1.54, 1.807) is 12.1 Å². The van der Waals surface area contributed by atoms with E-state index >= 15 is 0 Å². The van der Waals surface area contributed by atoms with Gasteiger partial charge >= 0.3 is 6.18 Å². The zero-order chi connectivity index (χ0) is 26.8. The third kappa shape index (κ3) is 8.39. The fourth-order valence-electron chi connectivity index (χ4n) is 4.23. The third-order valence-corrected chi connectivity index (χ3v) is 5.90. The van der Waals surface area contributed by atoms with Crippen molar-refractivity contribution in [2.24, 2.45) is 0 Å². The van der Waals surface area contributed by atoms with Crippen LogP contribution in [0.15, 0.2) is 36.4 Å². The van der Waals surface area contributed by atoms with Crippen molar-refractivity contribution in [1.82, 2.24) is 0 Å². The molecule has 0 unspecified atom stereocenters. The first kappa shape index (κ1) is 30.7. The monoisotopic (exact) mass is 500 g/mol. The molecular formula is C28H41F5N2. The maximum absolute atomic E-state index is 12.7. The predicted octanol–water partition coefficient (Wildman–Crippen LogP) is 8.93. The first-order valence-electron chi connectivity index (χ1n) is 12.7. The van der Waals surface area contributed by atoms with Crippen molar-refractivity contribution >= 4 is 11.4 Å². The second kappa shape index (κ2) is 14.3. The number of anilines is 2. The normalized spacial score (nSPS) is 14.6. The number of halogens is 5. The smallest absolute Gasteiger partial charge is 0.374 e. The minimum atomic E-state index is -4.25. The van der Waals surface area contributed by atoms with Crippen molar-refractivity contribution in [2.75, 3.05) is 29.9 Å². The first-order valence-corrected chi connectivity index (χ1v) is 12.7. The van der Waals surface area contributed by atoms with Crippen molar-refractivity contribution in [2.45, 2.75) is 85.9 Å². The number of hydrogen-bond donors (Lipinski definition) is 0. The number of nitrogens with zero attached hydrogens (tertiary/aromatic N) is 2. The predicted molar refractivity (Wildman–Crippen MR) is 138 cm³/mol. The fourth-order valence-corrected chi connectivity index (χ4v) is 4.23. The van der Waals surface area contributed by atoms with Crippen LogP contribution in [0, 0.1) is 0 Å². The zero-order valence-electron chi connectivity index (χ0n) is 22.1. The third-order valence-electron chi connectivity index (χ3n) is 5.90. The summed E-state index contributed by atoms with van der Waals surface area (Å²) in [6.07, 6.45) is -2.63. The lowest BCUT2D eigenvalue weighted by atomic mass is 9.98. The summed E-state index contributed by atoms with van der Waals surface area (Å²) in [5.74, 6) is 0. The molecule has 0 N–H and O–H groups in total. The number of benzene rings is 2. The fraction of sp³-hybridized carbons (Fsp3) is 0.571. The van der Waals surface area contributed by atoms with Crippen molar-refractivity contribution in [3.05, 3.63) is 58.7 Å². The Morgan fingerprint density at radius 2 is 1.31 bits per heavy atom. The lowest BCUT2D eigenvalue weighted by Crippen LogP contribution is -2.35. The van der Waals surface area contributed by atoms with Crippen LogP contribution in [0.5, 0.6) is 0 Å². The summed E-state index contributed by atoms with van der Waals surface area (Å²) < 4.78 is 62.9. The van der Waals surface area contributed by atoms with Gasteiger partial charge in [0, 0.05) is 43.1 Å². The molecule has 198 valence electrons. The van der Waals surface area contributed by atoms with Crippen LogP contribution in [0.1, 0.15) is 83.1 Å². The molecule has 7 heteroatoms. The molecule has 0 atom stereocenters. The van der Waals surface area contributed by atoms with Crippen LogP contribution in [0.4, 0.5) is 33.3 Å². The topological polar surface area (TPSA) is 6.48 Å². The lowest BCUT2D eigenvalue weighted by Gasteiger charge is -2.35. The molecule has 0 saturated carbocycles. The number of alkyl halides is 5. The molecule has 2 aliphatic rings. The van der Waals surface area contributed by atoms with E-state index in [-0.39, 0.29) is 11.6 Å². The van der Waals surface area contributed by atoms with Crippen molar-refractivity contribution < 1.29 is 22.0 Å². The van der Waals surface area contributed by atoms with Crippen molar-refractivity contribution in [3.8, 4) is 0 Å². The quantitative estimate of drug-likeness (QED) is 0.380. The summed E-state index contributed by atoms with van der Waals surface area (Å²) in [4.78, 5) is 4.10. The van der Waals surface area contributed by atoms with Gasteiger partial charge in [0.25, 0.3) is 6.43 Å². The van der Waals surface area contributed by atoms with Gasteiger partial charge in [0.15, 0.2) is 0 Å². The van der Waals surface area contributed by atoms with Gasteiger partial charge in [-0.2, -0.15) is 13.2 Å². The number of hydrogen-bond acceptors (Lipinski definition) is 2. The van der Waals surface area contributed by atoms with E-state index in [1.165, 1.54) is 23.8 Å². The van der Waals surface area contributed by atoms with Crippen LogP contribution in [-0.4, -0.2) is 26.2 Å². The molecule has 35 heavy (non-hydrogen) atoms. The van der Waals surface area contributed by atoms with Crippen LogP contribution in [0.2, 0.25) is 0 Å². The average Bonchev–Trinajstić information content (AvgIpc) is 2.85. The van der Waals surface area contributed by atoms with E-state index in [0.717, 1.165) is 55.7 Å². The van der Waals surface area contributed by atoms with Crippen molar-refractivity contribution in [3.63, 3.8) is 0 Å². The van der Waals surface area contributed by atoms with E-state index in [9.17, 15) is 22.0 Å². The lowest BCUT2D eigenvalue weighted by molar-refractivity contribution is -0.137. The van der Waals surface area contributed by atoms with Crippen molar-refractivity contribution in [1.29, 1.82) is 0 Å².